The van der Waals surface area contributed by atoms with Crippen molar-refractivity contribution >= 4 is 16.0 Å². The molecular weight excluding hydrogens is 314 g/mol. The Morgan fingerprint density at radius 3 is 2.65 bits per heavy atom. The normalized spacial score (nSPS) is 14.8. The molecule has 0 atom stereocenters. The largest absolute Gasteiger partial charge is 0.334 e. The molecule has 124 valence electrons. The van der Waals surface area contributed by atoms with Gasteiger partial charge in [-0.2, -0.15) is 8.42 Å². The monoisotopic (exact) mass is 335 g/mol. The molecule has 7 nitrogen and oxygen atoms in total. The van der Waals surface area contributed by atoms with E-state index in [-0.39, 0.29) is 17.0 Å². The molecule has 1 N–H and O–H groups in total. The zero-order chi connectivity index (χ0) is 16.6. The van der Waals surface area contributed by atoms with Crippen molar-refractivity contribution in [2.45, 2.75) is 57.5 Å². The zero-order valence-corrected chi connectivity index (χ0v) is 14.4. The van der Waals surface area contributed by atoms with Crippen LogP contribution in [-0.2, 0) is 22.9 Å². The van der Waals surface area contributed by atoms with Gasteiger partial charge in [-0.25, -0.2) is 19.7 Å². The predicted octanol–water partition coefficient (Wildman–Crippen LogP) is 2.24. The van der Waals surface area contributed by atoms with Gasteiger partial charge in [0.2, 0.25) is 5.95 Å². The molecule has 0 unspecified atom stereocenters. The van der Waals surface area contributed by atoms with Crippen molar-refractivity contribution in [1.82, 2.24) is 19.5 Å². The van der Waals surface area contributed by atoms with Gasteiger partial charge in [0.15, 0.2) is 5.03 Å². The highest BCUT2D eigenvalue weighted by atomic mass is 32.2. The van der Waals surface area contributed by atoms with Crippen LogP contribution in [0.1, 0.15) is 49.7 Å². The molecule has 0 saturated heterocycles. The fraction of sp³-hybridized carbons (Fsp3) is 0.533. The Balaban J connectivity index is 1.89. The van der Waals surface area contributed by atoms with Crippen molar-refractivity contribution in [3.05, 3.63) is 29.5 Å². The lowest BCUT2D eigenvalue weighted by atomic mass is 9.95. The molecule has 0 aromatic carbocycles. The molecule has 23 heavy (non-hydrogen) atoms. The quantitative estimate of drug-likeness (QED) is 0.925. The van der Waals surface area contributed by atoms with Crippen LogP contribution in [0.3, 0.4) is 0 Å². The summed E-state index contributed by atoms with van der Waals surface area (Å²) in [6.45, 7) is 5.82. The third-order valence-electron chi connectivity index (χ3n) is 4.06. The summed E-state index contributed by atoms with van der Waals surface area (Å²) in [5.41, 5.74) is 2.96. The van der Waals surface area contributed by atoms with E-state index in [1.54, 1.807) is 4.57 Å². The second-order valence-electron chi connectivity index (χ2n) is 6.12. The number of nitrogens with one attached hydrogen (secondary N) is 1. The number of fused-ring (bicyclic) bond motifs is 1. The first-order chi connectivity index (χ1) is 10.9. The van der Waals surface area contributed by atoms with Gasteiger partial charge in [-0.1, -0.05) is 0 Å². The predicted molar refractivity (Wildman–Crippen MR) is 86.8 cm³/mol. The molecule has 2 aromatic heterocycles. The van der Waals surface area contributed by atoms with E-state index in [9.17, 15) is 8.42 Å². The Morgan fingerprint density at radius 2 is 1.96 bits per heavy atom. The van der Waals surface area contributed by atoms with E-state index in [2.05, 4.69) is 19.7 Å². The van der Waals surface area contributed by atoms with Gasteiger partial charge in [0.05, 0.1) is 6.33 Å². The van der Waals surface area contributed by atoms with E-state index in [0.29, 0.717) is 0 Å². The number of rotatable bonds is 4. The average Bonchev–Trinajstić information content (AvgIpc) is 2.98. The van der Waals surface area contributed by atoms with Crippen molar-refractivity contribution < 1.29 is 8.42 Å². The van der Waals surface area contributed by atoms with Crippen molar-refractivity contribution in [1.29, 1.82) is 0 Å². The Labute approximate surface area is 136 Å². The first-order valence-corrected chi connectivity index (χ1v) is 9.28. The molecule has 1 aliphatic carbocycles. The first-order valence-electron chi connectivity index (χ1n) is 7.79. The van der Waals surface area contributed by atoms with E-state index in [4.69, 9.17) is 0 Å². The van der Waals surface area contributed by atoms with Crippen LogP contribution < -0.4 is 4.72 Å². The molecule has 0 spiro atoms. The van der Waals surface area contributed by atoms with E-state index >= 15 is 0 Å². The van der Waals surface area contributed by atoms with E-state index in [0.717, 1.165) is 42.6 Å². The molecule has 8 heteroatoms. The number of hydrogen-bond donors (Lipinski definition) is 1. The standard InChI is InChI=1S/C15H21N5O2S/c1-10(2)20-8-14(16-9-20)23(21,22)19-15-17-11(3)12-6-4-5-7-13(12)18-15/h8-10H,4-7H2,1-3H3,(H,17,18,19). The summed E-state index contributed by atoms with van der Waals surface area (Å²) in [6.07, 6.45) is 7.07. The molecular formula is C15H21N5O2S. The Morgan fingerprint density at radius 1 is 1.22 bits per heavy atom. The number of aromatic nitrogens is 4. The van der Waals surface area contributed by atoms with Gasteiger partial charge in [-0.3, -0.25) is 0 Å². The number of hydrogen-bond acceptors (Lipinski definition) is 5. The summed E-state index contributed by atoms with van der Waals surface area (Å²) in [5, 5.41) is -0.0230. The maximum Gasteiger partial charge on any atom is 0.283 e. The molecule has 0 aliphatic heterocycles. The zero-order valence-electron chi connectivity index (χ0n) is 13.6. The van der Waals surface area contributed by atoms with Gasteiger partial charge >= 0.3 is 0 Å². The Kier molecular flexibility index (Phi) is 4.09. The molecule has 0 saturated carbocycles. The number of aryl methyl sites for hydroxylation is 2. The third kappa shape index (κ3) is 3.21. The summed E-state index contributed by atoms with van der Waals surface area (Å²) in [5.74, 6) is 0.127. The molecule has 0 fully saturated rings. The van der Waals surface area contributed by atoms with Crippen LogP contribution in [0.15, 0.2) is 17.6 Å². The lowest BCUT2D eigenvalue weighted by Crippen LogP contribution is -2.18. The van der Waals surface area contributed by atoms with E-state index in [1.807, 2.05) is 20.8 Å². The molecule has 0 bridgehead atoms. The van der Waals surface area contributed by atoms with Gasteiger partial charge in [0.1, 0.15) is 0 Å². The molecule has 1 aliphatic rings. The lowest BCUT2D eigenvalue weighted by Gasteiger charge is -2.17. The van der Waals surface area contributed by atoms with E-state index < -0.39 is 10.0 Å². The molecule has 0 amide bonds. The summed E-state index contributed by atoms with van der Waals surface area (Å²) >= 11 is 0. The minimum atomic E-state index is -3.78. The number of nitrogens with zero attached hydrogens (tertiary/aromatic N) is 4. The minimum Gasteiger partial charge on any atom is -0.334 e. The smallest absolute Gasteiger partial charge is 0.283 e. The Hall–Kier alpha value is -1.96. The van der Waals surface area contributed by atoms with Crippen molar-refractivity contribution in [2.75, 3.05) is 4.72 Å². The highest BCUT2D eigenvalue weighted by Crippen LogP contribution is 2.23. The second kappa shape index (κ2) is 5.92. The van der Waals surface area contributed by atoms with Gasteiger partial charge in [-0.05, 0) is 52.0 Å². The molecule has 0 radical (unpaired) electrons. The van der Waals surface area contributed by atoms with Crippen LogP contribution in [-0.4, -0.2) is 27.9 Å². The van der Waals surface area contributed by atoms with Crippen LogP contribution in [0.25, 0.3) is 0 Å². The Bertz CT molecular complexity index is 826. The van der Waals surface area contributed by atoms with Crippen LogP contribution in [0, 0.1) is 6.92 Å². The summed E-state index contributed by atoms with van der Waals surface area (Å²) in [6, 6.07) is 0.147. The summed E-state index contributed by atoms with van der Waals surface area (Å²) in [4.78, 5) is 12.7. The number of sulfonamides is 1. The maximum atomic E-state index is 12.4. The minimum absolute atomic E-state index is 0.0230. The van der Waals surface area contributed by atoms with Gasteiger partial charge < -0.3 is 4.57 Å². The van der Waals surface area contributed by atoms with Crippen molar-refractivity contribution in [2.24, 2.45) is 0 Å². The fourth-order valence-electron chi connectivity index (χ4n) is 2.74. The lowest BCUT2D eigenvalue weighted by molar-refractivity contribution is 0.591. The van der Waals surface area contributed by atoms with Crippen LogP contribution in [0.4, 0.5) is 5.95 Å². The van der Waals surface area contributed by atoms with Crippen molar-refractivity contribution in [3.8, 4) is 0 Å². The highest BCUT2D eigenvalue weighted by Gasteiger charge is 2.22. The fourth-order valence-corrected chi connectivity index (χ4v) is 3.62. The number of anilines is 1. The van der Waals surface area contributed by atoms with E-state index in [1.165, 1.54) is 12.5 Å². The summed E-state index contributed by atoms with van der Waals surface area (Å²) in [7, 11) is -3.78. The van der Waals surface area contributed by atoms with Gasteiger partial charge in [0, 0.05) is 23.6 Å². The first kappa shape index (κ1) is 15.9. The van der Waals surface area contributed by atoms with Crippen molar-refractivity contribution in [3.63, 3.8) is 0 Å². The second-order valence-corrected chi connectivity index (χ2v) is 7.75. The highest BCUT2D eigenvalue weighted by molar-refractivity contribution is 7.92. The maximum absolute atomic E-state index is 12.4. The molecule has 2 aromatic rings. The third-order valence-corrected chi connectivity index (χ3v) is 5.28. The molecule has 3 rings (SSSR count). The van der Waals surface area contributed by atoms with Crippen LogP contribution >= 0.6 is 0 Å². The number of imidazole rings is 1. The topological polar surface area (TPSA) is 89.8 Å². The van der Waals surface area contributed by atoms with Crippen LogP contribution in [0.2, 0.25) is 0 Å². The van der Waals surface area contributed by atoms with Crippen LogP contribution in [0.5, 0.6) is 0 Å². The van der Waals surface area contributed by atoms with Gasteiger partial charge in [-0.15, -0.1) is 0 Å². The molecule has 2 heterocycles. The van der Waals surface area contributed by atoms with Gasteiger partial charge in [0.25, 0.3) is 10.0 Å². The average molecular weight is 335 g/mol. The SMILES string of the molecule is Cc1nc(NS(=O)(=O)c2cn(C(C)C)cn2)nc2c1CCCC2. The summed E-state index contributed by atoms with van der Waals surface area (Å²) < 4.78 is 29.1.